The zero-order valence-corrected chi connectivity index (χ0v) is 13.0. The summed E-state index contributed by atoms with van der Waals surface area (Å²) in [4.78, 5) is 24.2. The molecule has 2 aliphatic rings. The average molecular weight is 317 g/mol. The van der Waals surface area contributed by atoms with Crippen molar-refractivity contribution < 1.29 is 24.2 Å². The molecule has 0 heterocycles. The Balaban J connectivity index is 1.82. The van der Waals surface area contributed by atoms with E-state index in [1.807, 2.05) is 12.2 Å². The third kappa shape index (κ3) is 2.65. The van der Waals surface area contributed by atoms with Gasteiger partial charge in [-0.15, -0.1) is 0 Å². The number of fused-ring (bicyclic) bond motifs is 2. The highest BCUT2D eigenvalue weighted by atomic mass is 16.5. The number of nitrogens with one attached hydrogen (secondary N) is 1. The van der Waals surface area contributed by atoms with Gasteiger partial charge in [0.25, 0.3) is 0 Å². The highest BCUT2D eigenvalue weighted by Crippen LogP contribution is 2.48. The summed E-state index contributed by atoms with van der Waals surface area (Å²) in [5.41, 5.74) is 0.509. The van der Waals surface area contributed by atoms with E-state index in [2.05, 4.69) is 5.32 Å². The molecule has 1 saturated carbocycles. The molecule has 23 heavy (non-hydrogen) atoms. The van der Waals surface area contributed by atoms with Crippen LogP contribution < -0.4 is 14.8 Å². The van der Waals surface area contributed by atoms with Crippen molar-refractivity contribution in [3.05, 3.63) is 30.4 Å². The van der Waals surface area contributed by atoms with Crippen molar-refractivity contribution in [2.24, 2.45) is 23.7 Å². The lowest BCUT2D eigenvalue weighted by atomic mass is 9.82. The second-order valence-corrected chi connectivity index (χ2v) is 5.89. The molecule has 6 heteroatoms. The van der Waals surface area contributed by atoms with Crippen LogP contribution in [0.5, 0.6) is 11.5 Å². The van der Waals surface area contributed by atoms with Crippen LogP contribution in [0.4, 0.5) is 5.69 Å². The monoisotopic (exact) mass is 317 g/mol. The fourth-order valence-electron chi connectivity index (χ4n) is 3.63. The highest BCUT2D eigenvalue weighted by molar-refractivity contribution is 5.97. The number of benzene rings is 1. The SMILES string of the molecule is COc1ccc(NC(=O)[C@H]2[C@H](C(=O)O)[C@H]3C=C[C@H]2C3)c(OC)c1. The Kier molecular flexibility index (Phi) is 3.98. The maximum atomic E-state index is 12.6. The topological polar surface area (TPSA) is 84.9 Å². The maximum absolute atomic E-state index is 12.6. The lowest BCUT2D eigenvalue weighted by Gasteiger charge is -2.24. The van der Waals surface area contributed by atoms with Gasteiger partial charge < -0.3 is 19.9 Å². The summed E-state index contributed by atoms with van der Waals surface area (Å²) in [6.07, 6.45) is 4.61. The van der Waals surface area contributed by atoms with Gasteiger partial charge in [-0.25, -0.2) is 0 Å². The van der Waals surface area contributed by atoms with Gasteiger partial charge in [0, 0.05) is 6.07 Å². The number of methoxy groups -OCH3 is 2. The first-order chi connectivity index (χ1) is 11.0. The molecule has 0 spiro atoms. The Hall–Kier alpha value is -2.50. The minimum atomic E-state index is -0.913. The molecule has 0 saturated heterocycles. The Bertz CT molecular complexity index is 669. The molecule has 1 amide bonds. The molecule has 1 fully saturated rings. The third-order valence-electron chi connectivity index (χ3n) is 4.71. The van der Waals surface area contributed by atoms with Crippen molar-refractivity contribution in [2.75, 3.05) is 19.5 Å². The van der Waals surface area contributed by atoms with Crippen LogP contribution in [0.1, 0.15) is 6.42 Å². The van der Waals surface area contributed by atoms with Crippen molar-refractivity contribution in [2.45, 2.75) is 6.42 Å². The van der Waals surface area contributed by atoms with E-state index >= 15 is 0 Å². The molecule has 3 rings (SSSR count). The maximum Gasteiger partial charge on any atom is 0.307 e. The number of ether oxygens (including phenoxy) is 2. The van der Waals surface area contributed by atoms with E-state index in [1.54, 1.807) is 25.3 Å². The molecule has 122 valence electrons. The number of aliphatic carboxylic acids is 1. The van der Waals surface area contributed by atoms with Gasteiger partial charge in [-0.3, -0.25) is 9.59 Å². The minimum absolute atomic E-state index is 0.00894. The standard InChI is InChI=1S/C17H19NO5/c1-22-11-5-6-12(13(8-11)23-2)18-16(19)14-9-3-4-10(7-9)15(14)17(20)21/h3-6,8-10,14-15H,7H2,1-2H3,(H,18,19)(H,20,21)/t9-,10-,14+,15+/m0/s1. The molecule has 6 nitrogen and oxygen atoms in total. The molecular weight excluding hydrogens is 298 g/mol. The van der Waals surface area contributed by atoms with Crippen LogP contribution in [-0.4, -0.2) is 31.2 Å². The van der Waals surface area contributed by atoms with Gasteiger partial charge in [0.05, 0.1) is 31.7 Å². The Morgan fingerprint density at radius 2 is 1.83 bits per heavy atom. The average Bonchev–Trinajstić information content (AvgIpc) is 3.16. The summed E-state index contributed by atoms with van der Waals surface area (Å²) >= 11 is 0. The molecule has 1 aromatic rings. The van der Waals surface area contributed by atoms with E-state index in [0.29, 0.717) is 17.2 Å². The smallest absolute Gasteiger partial charge is 0.307 e. The summed E-state index contributed by atoms with van der Waals surface area (Å²) in [5.74, 6) is -1.37. The van der Waals surface area contributed by atoms with Gasteiger partial charge in [0.15, 0.2) is 0 Å². The molecule has 2 aliphatic carbocycles. The van der Waals surface area contributed by atoms with E-state index in [-0.39, 0.29) is 17.7 Å². The first kappa shape index (κ1) is 15.4. The van der Waals surface area contributed by atoms with E-state index in [9.17, 15) is 14.7 Å². The number of carboxylic acids is 1. The van der Waals surface area contributed by atoms with E-state index in [1.165, 1.54) is 7.11 Å². The van der Waals surface area contributed by atoms with Gasteiger partial charge >= 0.3 is 5.97 Å². The highest BCUT2D eigenvalue weighted by Gasteiger charge is 2.51. The zero-order valence-electron chi connectivity index (χ0n) is 13.0. The molecule has 2 N–H and O–H groups in total. The fourth-order valence-corrected chi connectivity index (χ4v) is 3.63. The molecule has 0 radical (unpaired) electrons. The van der Waals surface area contributed by atoms with Gasteiger partial charge in [-0.1, -0.05) is 12.2 Å². The lowest BCUT2D eigenvalue weighted by Crippen LogP contribution is -2.36. The summed E-state index contributed by atoms with van der Waals surface area (Å²) in [7, 11) is 3.05. The molecule has 0 unspecified atom stereocenters. The van der Waals surface area contributed by atoms with Gasteiger partial charge in [0.1, 0.15) is 11.5 Å². The summed E-state index contributed by atoms with van der Waals surface area (Å²) in [6.45, 7) is 0. The Morgan fingerprint density at radius 3 is 2.43 bits per heavy atom. The molecule has 4 atom stereocenters. The van der Waals surface area contributed by atoms with Crippen LogP contribution >= 0.6 is 0 Å². The first-order valence-electron chi connectivity index (χ1n) is 7.49. The number of allylic oxidation sites excluding steroid dienone is 2. The van der Waals surface area contributed by atoms with Crippen molar-refractivity contribution in [1.82, 2.24) is 0 Å². The number of rotatable bonds is 5. The third-order valence-corrected chi connectivity index (χ3v) is 4.71. The van der Waals surface area contributed by atoms with Gasteiger partial charge in [-0.05, 0) is 30.4 Å². The second-order valence-electron chi connectivity index (χ2n) is 5.89. The molecule has 0 aromatic heterocycles. The number of amides is 1. The number of hydrogen-bond donors (Lipinski definition) is 2. The van der Waals surface area contributed by atoms with Crippen molar-refractivity contribution in [3.8, 4) is 11.5 Å². The summed E-state index contributed by atoms with van der Waals surface area (Å²) < 4.78 is 10.4. The van der Waals surface area contributed by atoms with Crippen LogP contribution in [0.15, 0.2) is 30.4 Å². The van der Waals surface area contributed by atoms with Crippen molar-refractivity contribution >= 4 is 17.6 Å². The summed E-state index contributed by atoms with van der Waals surface area (Å²) in [6, 6.07) is 5.08. The van der Waals surface area contributed by atoms with Crippen molar-refractivity contribution in [3.63, 3.8) is 0 Å². The predicted molar refractivity (Wildman–Crippen MR) is 83.5 cm³/mol. The lowest BCUT2D eigenvalue weighted by molar-refractivity contribution is -0.146. The van der Waals surface area contributed by atoms with Gasteiger partial charge in [-0.2, -0.15) is 0 Å². The van der Waals surface area contributed by atoms with E-state index in [0.717, 1.165) is 6.42 Å². The number of carbonyl (C=O) groups excluding carboxylic acids is 1. The molecular formula is C17H19NO5. The van der Waals surface area contributed by atoms with E-state index < -0.39 is 17.8 Å². The predicted octanol–water partition coefficient (Wildman–Crippen LogP) is 2.17. The minimum Gasteiger partial charge on any atom is -0.497 e. The van der Waals surface area contributed by atoms with Crippen LogP contribution in [0.2, 0.25) is 0 Å². The van der Waals surface area contributed by atoms with Crippen LogP contribution in [0.25, 0.3) is 0 Å². The number of carbonyl (C=O) groups is 2. The molecule has 1 aromatic carbocycles. The van der Waals surface area contributed by atoms with Gasteiger partial charge in [0.2, 0.25) is 5.91 Å². The number of carboxylic acid groups (broad SMARTS) is 1. The van der Waals surface area contributed by atoms with Crippen LogP contribution in [-0.2, 0) is 9.59 Å². The Labute approximate surface area is 134 Å². The Morgan fingerprint density at radius 1 is 1.13 bits per heavy atom. The number of hydrogen-bond acceptors (Lipinski definition) is 4. The number of anilines is 1. The summed E-state index contributed by atoms with van der Waals surface area (Å²) in [5, 5.41) is 12.2. The van der Waals surface area contributed by atoms with E-state index in [4.69, 9.17) is 9.47 Å². The van der Waals surface area contributed by atoms with Crippen LogP contribution in [0, 0.1) is 23.7 Å². The zero-order chi connectivity index (χ0) is 16.6. The first-order valence-corrected chi connectivity index (χ1v) is 7.49. The quantitative estimate of drug-likeness (QED) is 0.813. The molecule has 0 aliphatic heterocycles. The van der Waals surface area contributed by atoms with Crippen molar-refractivity contribution in [1.29, 1.82) is 0 Å². The fraction of sp³-hybridized carbons (Fsp3) is 0.412. The molecule has 2 bridgehead atoms. The normalized spacial score (nSPS) is 27.7. The van der Waals surface area contributed by atoms with Crippen LogP contribution in [0.3, 0.4) is 0 Å². The second kappa shape index (κ2) is 5.95. The largest absolute Gasteiger partial charge is 0.497 e.